The molecule has 0 radical (unpaired) electrons. The minimum atomic E-state index is -0.976. The average Bonchev–Trinajstić information content (AvgIpc) is 2.04. The molecule has 0 aliphatic rings. The average molecular weight is 150 g/mol. The second-order valence-corrected chi connectivity index (χ2v) is 2.44. The Kier molecular flexibility index (Phi) is 2.39. The van der Waals surface area contributed by atoms with Crippen molar-refractivity contribution in [1.29, 1.82) is 0 Å². The summed E-state index contributed by atoms with van der Waals surface area (Å²) in [7, 11) is 0. The predicted octanol–water partition coefficient (Wildman–Crippen LogP) is 1.23. The lowest BCUT2D eigenvalue weighted by atomic mass is 10.1. The number of hydrogen-bond donors (Lipinski definition) is 1. The van der Waals surface area contributed by atoms with Gasteiger partial charge in [0.2, 0.25) is 0 Å². The highest BCUT2D eigenvalue weighted by Gasteiger charge is 2.06. The molecule has 11 heavy (non-hydrogen) atoms. The van der Waals surface area contributed by atoms with Gasteiger partial charge in [0.1, 0.15) is 6.10 Å². The summed E-state index contributed by atoms with van der Waals surface area (Å²) in [6, 6.07) is 7.28. The van der Waals surface area contributed by atoms with Crippen LogP contribution in [-0.4, -0.2) is 11.4 Å². The van der Waals surface area contributed by atoms with Crippen molar-refractivity contribution in [2.45, 2.75) is 13.0 Å². The Labute approximate surface area is 65.5 Å². The van der Waals surface area contributed by atoms with E-state index >= 15 is 0 Å². The number of hydrogen-bond acceptors (Lipinski definition) is 2. The van der Waals surface area contributed by atoms with Gasteiger partial charge >= 0.3 is 0 Å². The van der Waals surface area contributed by atoms with Crippen molar-refractivity contribution in [2.75, 3.05) is 0 Å². The highest BCUT2D eigenvalue weighted by molar-refractivity contribution is 5.60. The van der Waals surface area contributed by atoms with Crippen molar-refractivity contribution in [2.24, 2.45) is 0 Å². The molecule has 1 aromatic carbocycles. The second kappa shape index (κ2) is 3.30. The third-order valence-corrected chi connectivity index (χ3v) is 1.64. The summed E-state index contributed by atoms with van der Waals surface area (Å²) in [5, 5.41) is 9.14. The maximum atomic E-state index is 10.2. The molecular weight excluding hydrogens is 140 g/mol. The van der Waals surface area contributed by atoms with Gasteiger partial charge in [0.25, 0.3) is 0 Å². The predicted molar refractivity (Wildman–Crippen MR) is 42.2 cm³/mol. The lowest BCUT2D eigenvalue weighted by Gasteiger charge is -2.05. The second-order valence-electron chi connectivity index (χ2n) is 2.44. The SMILES string of the molecule is Cc1ccccc1C(O)C=O. The summed E-state index contributed by atoms with van der Waals surface area (Å²) in [5.41, 5.74) is 1.62. The van der Waals surface area contributed by atoms with Crippen LogP contribution in [0.5, 0.6) is 0 Å². The molecule has 0 aromatic heterocycles. The van der Waals surface area contributed by atoms with E-state index in [2.05, 4.69) is 0 Å². The zero-order valence-electron chi connectivity index (χ0n) is 6.32. The van der Waals surface area contributed by atoms with Crippen molar-refractivity contribution in [1.82, 2.24) is 0 Å². The molecule has 1 atom stereocenters. The number of carbonyl (C=O) groups is 1. The van der Waals surface area contributed by atoms with E-state index in [9.17, 15) is 4.79 Å². The summed E-state index contributed by atoms with van der Waals surface area (Å²) in [5.74, 6) is 0. The zero-order chi connectivity index (χ0) is 8.27. The van der Waals surface area contributed by atoms with E-state index in [0.29, 0.717) is 11.8 Å². The number of rotatable bonds is 2. The molecule has 58 valence electrons. The molecule has 0 aliphatic carbocycles. The van der Waals surface area contributed by atoms with Crippen molar-refractivity contribution < 1.29 is 9.90 Å². The first-order valence-electron chi connectivity index (χ1n) is 3.44. The van der Waals surface area contributed by atoms with Gasteiger partial charge in [-0.05, 0) is 18.1 Å². The minimum absolute atomic E-state index is 0.530. The van der Waals surface area contributed by atoms with Crippen LogP contribution in [0.3, 0.4) is 0 Å². The van der Waals surface area contributed by atoms with Gasteiger partial charge in [-0.2, -0.15) is 0 Å². The first-order chi connectivity index (χ1) is 5.25. The lowest BCUT2D eigenvalue weighted by molar-refractivity contribution is -0.115. The molecule has 0 bridgehead atoms. The van der Waals surface area contributed by atoms with E-state index in [4.69, 9.17) is 5.11 Å². The number of aryl methyl sites for hydroxylation is 1. The molecule has 1 unspecified atom stereocenters. The van der Waals surface area contributed by atoms with E-state index in [1.807, 2.05) is 19.1 Å². The Morgan fingerprint density at radius 3 is 2.64 bits per heavy atom. The molecule has 2 nitrogen and oxygen atoms in total. The highest BCUT2D eigenvalue weighted by atomic mass is 16.3. The van der Waals surface area contributed by atoms with E-state index in [-0.39, 0.29) is 0 Å². The standard InChI is InChI=1S/C9H10O2/c1-7-4-2-3-5-8(7)9(11)6-10/h2-6,9,11H,1H3. The quantitative estimate of drug-likeness (QED) is 0.644. The van der Waals surface area contributed by atoms with E-state index < -0.39 is 6.10 Å². The molecule has 2 heteroatoms. The fraction of sp³-hybridized carbons (Fsp3) is 0.222. The molecule has 0 heterocycles. The van der Waals surface area contributed by atoms with Gasteiger partial charge in [-0.25, -0.2) is 0 Å². The number of aliphatic hydroxyl groups excluding tert-OH is 1. The Morgan fingerprint density at radius 2 is 2.09 bits per heavy atom. The van der Waals surface area contributed by atoms with Crippen molar-refractivity contribution in [3.63, 3.8) is 0 Å². The van der Waals surface area contributed by atoms with Crippen molar-refractivity contribution in [3.8, 4) is 0 Å². The van der Waals surface area contributed by atoms with Crippen molar-refractivity contribution in [3.05, 3.63) is 35.4 Å². The van der Waals surface area contributed by atoms with Crippen LogP contribution in [0.15, 0.2) is 24.3 Å². The Bertz CT molecular complexity index is 255. The van der Waals surface area contributed by atoms with Crippen LogP contribution in [0, 0.1) is 6.92 Å². The first-order valence-corrected chi connectivity index (χ1v) is 3.44. The molecule has 0 saturated carbocycles. The van der Waals surface area contributed by atoms with Gasteiger partial charge in [0, 0.05) is 0 Å². The van der Waals surface area contributed by atoms with Gasteiger partial charge in [-0.1, -0.05) is 24.3 Å². The van der Waals surface area contributed by atoms with Crippen LogP contribution in [0.25, 0.3) is 0 Å². The molecule has 0 fully saturated rings. The Morgan fingerprint density at radius 1 is 1.45 bits per heavy atom. The van der Waals surface area contributed by atoms with Gasteiger partial charge < -0.3 is 9.90 Å². The molecule has 0 amide bonds. The summed E-state index contributed by atoms with van der Waals surface area (Å²) >= 11 is 0. The maximum absolute atomic E-state index is 10.2. The molecule has 1 N–H and O–H groups in total. The van der Waals surface area contributed by atoms with Crippen molar-refractivity contribution >= 4 is 6.29 Å². The van der Waals surface area contributed by atoms with Gasteiger partial charge in [-0.3, -0.25) is 0 Å². The summed E-state index contributed by atoms with van der Waals surface area (Å²) in [6.07, 6.45) is -0.446. The monoisotopic (exact) mass is 150 g/mol. The van der Waals surface area contributed by atoms with Gasteiger partial charge in [0.15, 0.2) is 6.29 Å². The third kappa shape index (κ3) is 1.65. The molecule has 1 aromatic rings. The molecule has 0 saturated heterocycles. The number of benzene rings is 1. The maximum Gasteiger partial charge on any atom is 0.153 e. The summed E-state index contributed by atoms with van der Waals surface area (Å²) in [6.45, 7) is 1.86. The lowest BCUT2D eigenvalue weighted by Crippen LogP contribution is -1.99. The molecule has 1 rings (SSSR count). The van der Waals surface area contributed by atoms with Crippen LogP contribution in [0.1, 0.15) is 17.2 Å². The van der Waals surface area contributed by atoms with E-state index in [1.165, 1.54) is 0 Å². The largest absolute Gasteiger partial charge is 0.381 e. The van der Waals surface area contributed by atoms with Crippen LogP contribution >= 0.6 is 0 Å². The highest BCUT2D eigenvalue weighted by Crippen LogP contribution is 2.14. The zero-order valence-corrected chi connectivity index (χ0v) is 6.32. The summed E-state index contributed by atoms with van der Waals surface area (Å²) in [4.78, 5) is 10.2. The number of aldehydes is 1. The van der Waals surface area contributed by atoms with Crippen LogP contribution in [0.2, 0.25) is 0 Å². The first kappa shape index (κ1) is 7.95. The third-order valence-electron chi connectivity index (χ3n) is 1.64. The topological polar surface area (TPSA) is 37.3 Å². The van der Waals surface area contributed by atoms with Gasteiger partial charge in [-0.15, -0.1) is 0 Å². The fourth-order valence-electron chi connectivity index (χ4n) is 0.992. The number of carbonyl (C=O) groups excluding carboxylic acids is 1. The molecule has 0 spiro atoms. The van der Waals surface area contributed by atoms with Crippen LogP contribution in [-0.2, 0) is 4.79 Å². The molecule has 0 aliphatic heterocycles. The summed E-state index contributed by atoms with van der Waals surface area (Å²) < 4.78 is 0. The van der Waals surface area contributed by atoms with E-state index in [0.717, 1.165) is 5.56 Å². The number of aliphatic hydroxyl groups is 1. The van der Waals surface area contributed by atoms with Crippen LogP contribution < -0.4 is 0 Å². The van der Waals surface area contributed by atoms with Gasteiger partial charge in [0.05, 0.1) is 0 Å². The van der Waals surface area contributed by atoms with E-state index in [1.54, 1.807) is 12.1 Å². The Balaban J connectivity index is 3.02. The fourth-order valence-corrected chi connectivity index (χ4v) is 0.992. The molecular formula is C9H10O2. The minimum Gasteiger partial charge on any atom is -0.381 e. The van der Waals surface area contributed by atoms with Crippen LogP contribution in [0.4, 0.5) is 0 Å². The smallest absolute Gasteiger partial charge is 0.153 e. The normalized spacial score (nSPS) is 12.5. The Hall–Kier alpha value is -1.15.